The second-order valence-corrected chi connectivity index (χ2v) is 4.48. The molecule has 1 aliphatic rings. The molecule has 0 saturated carbocycles. The molecule has 1 unspecified atom stereocenters. The molecule has 18 heavy (non-hydrogen) atoms. The molecule has 2 heterocycles. The maximum absolute atomic E-state index is 11.4. The minimum Gasteiger partial charge on any atom is -0.364 e. The van der Waals surface area contributed by atoms with Gasteiger partial charge in [0, 0.05) is 30.9 Å². The molecular weight excluding hydrogens is 232 g/mol. The third kappa shape index (κ3) is 3.10. The van der Waals surface area contributed by atoms with Crippen molar-refractivity contribution in [3.63, 3.8) is 0 Å². The van der Waals surface area contributed by atoms with Gasteiger partial charge in [-0.2, -0.15) is 0 Å². The van der Waals surface area contributed by atoms with Gasteiger partial charge in [-0.05, 0) is 31.5 Å². The Morgan fingerprint density at radius 3 is 3.06 bits per heavy atom. The van der Waals surface area contributed by atoms with Crippen LogP contribution in [0.4, 0.5) is 4.79 Å². The summed E-state index contributed by atoms with van der Waals surface area (Å²) >= 11 is 0. The van der Waals surface area contributed by atoms with Gasteiger partial charge in [0.15, 0.2) is 0 Å². The zero-order valence-corrected chi connectivity index (χ0v) is 10.2. The van der Waals surface area contributed by atoms with Crippen molar-refractivity contribution in [3.05, 3.63) is 24.0 Å². The lowest BCUT2D eigenvalue weighted by molar-refractivity contribution is -0.120. The Morgan fingerprint density at radius 1 is 1.56 bits per heavy atom. The normalized spacial score (nSPS) is 19.9. The molecule has 1 aliphatic heterocycles. The number of likely N-dealkylation sites (tertiary alicyclic amines) is 1. The summed E-state index contributed by atoms with van der Waals surface area (Å²) in [6.07, 6.45) is 4.42. The van der Waals surface area contributed by atoms with Crippen molar-refractivity contribution < 1.29 is 9.59 Å². The number of urea groups is 1. The van der Waals surface area contributed by atoms with E-state index in [1.54, 1.807) is 0 Å². The summed E-state index contributed by atoms with van der Waals surface area (Å²) in [4.78, 5) is 27.4. The largest absolute Gasteiger partial charge is 0.364 e. The van der Waals surface area contributed by atoms with E-state index in [-0.39, 0.29) is 5.91 Å². The maximum Gasteiger partial charge on any atom is 0.318 e. The van der Waals surface area contributed by atoms with Crippen LogP contribution in [0.25, 0.3) is 0 Å². The lowest BCUT2D eigenvalue weighted by Crippen LogP contribution is -2.37. The standard InChI is InChI=1S/C12H18N4O2/c13-12(18)15-11(17)5-8-16-7-2-4-10(16)9-3-1-6-14-9/h1,3,6,10,14H,2,4-5,7-8H2,(H3,13,15,17,18). The zero-order chi connectivity index (χ0) is 13.0. The van der Waals surface area contributed by atoms with Crippen LogP contribution in [0.15, 0.2) is 18.3 Å². The molecule has 0 aromatic carbocycles. The minimum absolute atomic E-state index is 0.292. The third-order valence-electron chi connectivity index (χ3n) is 3.23. The Balaban J connectivity index is 1.85. The second kappa shape index (κ2) is 5.68. The van der Waals surface area contributed by atoms with E-state index >= 15 is 0 Å². The van der Waals surface area contributed by atoms with Gasteiger partial charge in [-0.1, -0.05) is 0 Å². The molecule has 1 atom stereocenters. The number of amides is 3. The summed E-state index contributed by atoms with van der Waals surface area (Å²) in [5.41, 5.74) is 6.08. The van der Waals surface area contributed by atoms with Crippen molar-refractivity contribution in [1.29, 1.82) is 0 Å². The Morgan fingerprint density at radius 2 is 2.39 bits per heavy atom. The molecule has 98 valence electrons. The highest BCUT2D eigenvalue weighted by atomic mass is 16.2. The highest BCUT2D eigenvalue weighted by Crippen LogP contribution is 2.30. The van der Waals surface area contributed by atoms with Crippen LogP contribution in [0.1, 0.15) is 31.0 Å². The Bertz CT molecular complexity index is 416. The van der Waals surface area contributed by atoms with E-state index in [9.17, 15) is 9.59 Å². The maximum atomic E-state index is 11.4. The van der Waals surface area contributed by atoms with E-state index in [1.165, 1.54) is 5.69 Å². The number of carbonyl (C=O) groups excluding carboxylic acids is 2. The van der Waals surface area contributed by atoms with Crippen molar-refractivity contribution in [2.45, 2.75) is 25.3 Å². The summed E-state index contributed by atoms with van der Waals surface area (Å²) < 4.78 is 0. The number of nitrogens with two attached hydrogens (primary N) is 1. The van der Waals surface area contributed by atoms with Gasteiger partial charge in [0.2, 0.25) is 5.91 Å². The van der Waals surface area contributed by atoms with Crippen molar-refractivity contribution in [2.24, 2.45) is 5.73 Å². The predicted octanol–water partition coefficient (Wildman–Crippen LogP) is 0.737. The SMILES string of the molecule is NC(=O)NC(=O)CCN1CCCC1c1ccc[nH]1. The van der Waals surface area contributed by atoms with Crippen LogP contribution in [-0.2, 0) is 4.79 Å². The second-order valence-electron chi connectivity index (χ2n) is 4.48. The van der Waals surface area contributed by atoms with Gasteiger partial charge in [-0.15, -0.1) is 0 Å². The lowest BCUT2D eigenvalue weighted by atomic mass is 10.1. The fraction of sp³-hybridized carbons (Fsp3) is 0.500. The highest BCUT2D eigenvalue weighted by Gasteiger charge is 2.26. The van der Waals surface area contributed by atoms with E-state index in [4.69, 9.17) is 5.73 Å². The number of imide groups is 1. The lowest BCUT2D eigenvalue weighted by Gasteiger charge is -2.23. The van der Waals surface area contributed by atoms with Crippen molar-refractivity contribution in [3.8, 4) is 0 Å². The molecule has 1 fully saturated rings. The molecule has 4 N–H and O–H groups in total. The van der Waals surface area contributed by atoms with Crippen LogP contribution in [-0.4, -0.2) is 34.9 Å². The molecule has 2 rings (SSSR count). The molecule has 0 bridgehead atoms. The first-order valence-corrected chi connectivity index (χ1v) is 6.13. The fourth-order valence-electron chi connectivity index (χ4n) is 2.44. The van der Waals surface area contributed by atoms with Gasteiger partial charge >= 0.3 is 6.03 Å². The van der Waals surface area contributed by atoms with Crippen LogP contribution < -0.4 is 11.1 Å². The molecule has 0 spiro atoms. The number of nitrogens with one attached hydrogen (secondary N) is 2. The quantitative estimate of drug-likeness (QED) is 0.736. The van der Waals surface area contributed by atoms with Crippen LogP contribution in [0.2, 0.25) is 0 Å². The van der Waals surface area contributed by atoms with Crippen molar-refractivity contribution in [1.82, 2.24) is 15.2 Å². The Kier molecular flexibility index (Phi) is 3.99. The first-order chi connectivity index (χ1) is 8.66. The number of rotatable bonds is 4. The number of carbonyl (C=O) groups is 2. The molecule has 1 aromatic rings. The van der Waals surface area contributed by atoms with Gasteiger partial charge in [-0.3, -0.25) is 15.0 Å². The molecule has 6 heteroatoms. The number of nitrogens with zero attached hydrogens (tertiary/aromatic N) is 1. The summed E-state index contributed by atoms with van der Waals surface area (Å²) in [6, 6.07) is 3.60. The fourth-order valence-corrected chi connectivity index (χ4v) is 2.44. The van der Waals surface area contributed by atoms with E-state index in [1.807, 2.05) is 12.3 Å². The summed E-state index contributed by atoms with van der Waals surface area (Å²) in [7, 11) is 0. The van der Waals surface area contributed by atoms with E-state index in [2.05, 4.69) is 21.3 Å². The first kappa shape index (κ1) is 12.6. The smallest absolute Gasteiger partial charge is 0.318 e. The molecule has 1 saturated heterocycles. The van der Waals surface area contributed by atoms with E-state index in [0.717, 1.165) is 19.4 Å². The first-order valence-electron chi connectivity index (χ1n) is 6.13. The number of H-pyrrole nitrogens is 1. The van der Waals surface area contributed by atoms with E-state index < -0.39 is 6.03 Å². The molecule has 1 aromatic heterocycles. The van der Waals surface area contributed by atoms with Crippen LogP contribution in [0, 0.1) is 0 Å². The highest BCUT2D eigenvalue weighted by molar-refractivity contribution is 5.93. The van der Waals surface area contributed by atoms with Crippen LogP contribution in [0.5, 0.6) is 0 Å². The zero-order valence-electron chi connectivity index (χ0n) is 10.2. The third-order valence-corrected chi connectivity index (χ3v) is 3.23. The molecule has 0 radical (unpaired) electrons. The molecular formula is C12H18N4O2. The number of hydrogen-bond donors (Lipinski definition) is 3. The van der Waals surface area contributed by atoms with Gasteiger partial charge < -0.3 is 10.7 Å². The van der Waals surface area contributed by atoms with Gasteiger partial charge in [-0.25, -0.2) is 4.79 Å². The van der Waals surface area contributed by atoms with Crippen LogP contribution in [0.3, 0.4) is 0 Å². The van der Waals surface area contributed by atoms with Gasteiger partial charge in [0.05, 0.1) is 0 Å². The molecule has 3 amide bonds. The summed E-state index contributed by atoms with van der Waals surface area (Å²) in [5.74, 6) is -0.320. The van der Waals surface area contributed by atoms with Gasteiger partial charge in [0.1, 0.15) is 0 Å². The number of primary amides is 1. The Labute approximate surface area is 106 Å². The number of aromatic nitrogens is 1. The molecule has 6 nitrogen and oxygen atoms in total. The predicted molar refractivity (Wildman–Crippen MR) is 66.7 cm³/mol. The van der Waals surface area contributed by atoms with Gasteiger partial charge in [0.25, 0.3) is 0 Å². The van der Waals surface area contributed by atoms with Crippen molar-refractivity contribution >= 4 is 11.9 Å². The van der Waals surface area contributed by atoms with Crippen LogP contribution >= 0.6 is 0 Å². The molecule has 0 aliphatic carbocycles. The number of hydrogen-bond acceptors (Lipinski definition) is 3. The number of aromatic amines is 1. The van der Waals surface area contributed by atoms with Crippen molar-refractivity contribution in [2.75, 3.05) is 13.1 Å². The Hall–Kier alpha value is -1.82. The minimum atomic E-state index is -0.790. The van der Waals surface area contributed by atoms with E-state index in [0.29, 0.717) is 19.0 Å². The average molecular weight is 250 g/mol. The average Bonchev–Trinajstić information content (AvgIpc) is 2.96. The summed E-state index contributed by atoms with van der Waals surface area (Å²) in [6.45, 7) is 1.62. The topological polar surface area (TPSA) is 91.2 Å². The summed E-state index contributed by atoms with van der Waals surface area (Å²) in [5, 5.41) is 2.08. The monoisotopic (exact) mass is 250 g/mol.